The summed E-state index contributed by atoms with van der Waals surface area (Å²) in [4.78, 5) is 12.2. The van der Waals surface area contributed by atoms with E-state index in [9.17, 15) is 9.36 Å². The Morgan fingerprint density at radius 2 is 1.60 bits per heavy atom. The van der Waals surface area contributed by atoms with Crippen LogP contribution in [0.5, 0.6) is 0 Å². The molecule has 0 spiro atoms. The highest BCUT2D eigenvalue weighted by Gasteiger charge is 2.34. The van der Waals surface area contributed by atoms with Crippen LogP contribution in [0.2, 0.25) is 0 Å². The van der Waals surface area contributed by atoms with Crippen LogP contribution in [0.25, 0.3) is 0 Å². The highest BCUT2D eigenvalue weighted by Crippen LogP contribution is 2.51. The lowest BCUT2D eigenvalue weighted by Crippen LogP contribution is -2.29. The first kappa shape index (κ1) is 21.7. The first-order valence-electron chi connectivity index (χ1n) is 8.40. The van der Waals surface area contributed by atoms with Gasteiger partial charge in [-0.15, -0.1) is 0 Å². The number of hydrogen-bond donors (Lipinski definition) is 1. The number of nitrogens with one attached hydrogen (secondary N) is 1. The molecule has 0 saturated heterocycles. The van der Waals surface area contributed by atoms with Gasteiger partial charge in [0.25, 0.3) is 0 Å². The Morgan fingerprint density at radius 3 is 2.04 bits per heavy atom. The molecule has 25 heavy (non-hydrogen) atoms. The van der Waals surface area contributed by atoms with Gasteiger partial charge in [0.05, 0.1) is 23.2 Å². The van der Waals surface area contributed by atoms with E-state index >= 15 is 0 Å². The summed E-state index contributed by atoms with van der Waals surface area (Å²) in [7, 11) is -3.62. The van der Waals surface area contributed by atoms with Crippen LogP contribution in [0.4, 0.5) is 10.5 Å². The quantitative estimate of drug-likeness (QED) is 0.712. The molecule has 0 radical (unpaired) electrons. The highest BCUT2D eigenvalue weighted by atomic mass is 31.2. The van der Waals surface area contributed by atoms with Crippen LogP contribution in [-0.4, -0.2) is 23.9 Å². The molecule has 142 valence electrons. The predicted molar refractivity (Wildman–Crippen MR) is 101 cm³/mol. The Hall–Kier alpha value is -1.36. The van der Waals surface area contributed by atoms with E-state index < -0.39 is 19.3 Å². The minimum absolute atomic E-state index is 0.305. The van der Waals surface area contributed by atoms with Gasteiger partial charge < -0.3 is 13.8 Å². The molecule has 1 aromatic carbocycles. The Bertz CT molecular complexity index is 635. The molecular weight excluding hydrogens is 341 g/mol. The summed E-state index contributed by atoms with van der Waals surface area (Å²) in [6.07, 6.45) is -1.24. The van der Waals surface area contributed by atoms with Crippen molar-refractivity contribution in [3.63, 3.8) is 0 Å². The van der Waals surface area contributed by atoms with Crippen LogP contribution in [-0.2, 0) is 18.3 Å². The number of aryl methyl sites for hydroxylation is 1. The second kappa shape index (κ2) is 8.35. The number of carbonyl (C=O) groups is 1. The van der Waals surface area contributed by atoms with E-state index in [-0.39, 0.29) is 12.2 Å². The molecule has 1 N–H and O–H groups in total. The van der Waals surface area contributed by atoms with Gasteiger partial charge >= 0.3 is 13.7 Å². The molecule has 0 aromatic heterocycles. The van der Waals surface area contributed by atoms with Gasteiger partial charge in [-0.25, -0.2) is 4.79 Å². The minimum Gasteiger partial charge on any atom is -0.444 e. The molecule has 0 aliphatic rings. The molecular formula is C18H30NO5P. The normalized spacial score (nSPS) is 12.6. The standard InChI is InChI=1S/C18H30NO5P/c1-12(2)23-25(21,24-13(3)4)16-10-9-14(5)11-15(16)19-17(20)22-18(6,7)8/h9-13H,1-8H3,(H,19,20). The molecule has 0 unspecified atom stereocenters. The van der Waals surface area contributed by atoms with Crippen molar-refractivity contribution >= 4 is 24.7 Å². The molecule has 0 aliphatic heterocycles. The minimum atomic E-state index is -3.62. The molecule has 1 aromatic rings. The molecule has 0 bridgehead atoms. The SMILES string of the molecule is Cc1ccc(P(=O)(OC(C)C)OC(C)C)c(NC(=O)OC(C)(C)C)c1. The van der Waals surface area contributed by atoms with E-state index in [2.05, 4.69) is 5.32 Å². The van der Waals surface area contributed by atoms with Gasteiger partial charge in [-0.05, 0) is 73.1 Å². The molecule has 0 heterocycles. The van der Waals surface area contributed by atoms with Gasteiger partial charge in [-0.3, -0.25) is 9.88 Å². The Labute approximate surface area is 150 Å². The summed E-state index contributed by atoms with van der Waals surface area (Å²) >= 11 is 0. The van der Waals surface area contributed by atoms with E-state index in [1.165, 1.54) is 0 Å². The lowest BCUT2D eigenvalue weighted by molar-refractivity contribution is 0.0636. The van der Waals surface area contributed by atoms with Gasteiger partial charge in [0.1, 0.15) is 5.60 Å². The lowest BCUT2D eigenvalue weighted by Gasteiger charge is -2.26. The topological polar surface area (TPSA) is 73.9 Å². The first-order valence-corrected chi connectivity index (χ1v) is 9.95. The average Bonchev–Trinajstić information content (AvgIpc) is 2.33. The molecule has 0 fully saturated rings. The molecule has 0 atom stereocenters. The van der Waals surface area contributed by atoms with Crippen molar-refractivity contribution in [3.05, 3.63) is 23.8 Å². The maximum absolute atomic E-state index is 13.4. The summed E-state index contributed by atoms with van der Waals surface area (Å²) in [5.74, 6) is 0. The van der Waals surface area contributed by atoms with Crippen LogP contribution in [0.15, 0.2) is 18.2 Å². The third-order valence-corrected chi connectivity index (χ3v) is 5.16. The van der Waals surface area contributed by atoms with Gasteiger partial charge in [-0.1, -0.05) is 6.07 Å². The van der Waals surface area contributed by atoms with Crippen LogP contribution >= 0.6 is 7.60 Å². The van der Waals surface area contributed by atoms with Crippen molar-refractivity contribution in [1.82, 2.24) is 0 Å². The highest BCUT2D eigenvalue weighted by molar-refractivity contribution is 7.62. The van der Waals surface area contributed by atoms with Crippen molar-refractivity contribution in [2.24, 2.45) is 0 Å². The van der Waals surface area contributed by atoms with Gasteiger partial charge in [0, 0.05) is 0 Å². The summed E-state index contributed by atoms with van der Waals surface area (Å²) in [5.41, 5.74) is 0.620. The van der Waals surface area contributed by atoms with E-state index in [4.69, 9.17) is 13.8 Å². The fourth-order valence-corrected chi connectivity index (χ4v) is 4.16. The number of hydrogen-bond acceptors (Lipinski definition) is 5. The second-order valence-corrected chi connectivity index (χ2v) is 9.35. The summed E-state index contributed by atoms with van der Waals surface area (Å²) < 4.78 is 30.0. The number of benzene rings is 1. The van der Waals surface area contributed by atoms with Crippen molar-refractivity contribution in [3.8, 4) is 0 Å². The smallest absolute Gasteiger partial charge is 0.412 e. The first-order chi connectivity index (χ1) is 11.3. The second-order valence-electron chi connectivity index (χ2n) is 7.45. The number of ether oxygens (including phenoxy) is 1. The third kappa shape index (κ3) is 7.18. The zero-order valence-corrected chi connectivity index (χ0v) is 17.3. The van der Waals surface area contributed by atoms with E-state index in [1.54, 1.807) is 66.7 Å². The van der Waals surface area contributed by atoms with Gasteiger partial charge in [-0.2, -0.15) is 0 Å². The maximum Gasteiger partial charge on any atom is 0.412 e. The zero-order chi connectivity index (χ0) is 19.4. The summed E-state index contributed by atoms with van der Waals surface area (Å²) in [6, 6.07) is 5.18. The lowest BCUT2D eigenvalue weighted by atomic mass is 10.2. The molecule has 6 nitrogen and oxygen atoms in total. The number of amides is 1. The van der Waals surface area contributed by atoms with Crippen molar-refractivity contribution in [2.75, 3.05) is 5.32 Å². The molecule has 1 rings (SSSR count). The van der Waals surface area contributed by atoms with Crippen LogP contribution < -0.4 is 10.6 Å². The molecule has 1 amide bonds. The predicted octanol–water partition coefficient (Wildman–Crippen LogP) is 5.01. The van der Waals surface area contributed by atoms with Crippen LogP contribution in [0.1, 0.15) is 54.0 Å². The molecule has 0 saturated carbocycles. The van der Waals surface area contributed by atoms with Crippen molar-refractivity contribution in [1.29, 1.82) is 0 Å². The Balaban J connectivity index is 3.28. The number of carbonyl (C=O) groups excluding carboxylic acids is 1. The number of rotatable bonds is 6. The van der Waals surface area contributed by atoms with Crippen molar-refractivity contribution in [2.45, 2.75) is 73.2 Å². The zero-order valence-electron chi connectivity index (χ0n) is 16.4. The molecule has 7 heteroatoms. The Morgan fingerprint density at radius 1 is 1.08 bits per heavy atom. The maximum atomic E-state index is 13.4. The van der Waals surface area contributed by atoms with Gasteiger partial charge in [0.15, 0.2) is 0 Å². The third-order valence-electron chi connectivity index (χ3n) is 2.78. The molecule has 0 aliphatic carbocycles. The van der Waals surface area contributed by atoms with Gasteiger partial charge in [0.2, 0.25) is 0 Å². The van der Waals surface area contributed by atoms with Crippen LogP contribution in [0, 0.1) is 6.92 Å². The number of anilines is 1. The van der Waals surface area contributed by atoms with E-state index in [0.29, 0.717) is 11.0 Å². The van der Waals surface area contributed by atoms with E-state index in [0.717, 1.165) is 5.56 Å². The summed E-state index contributed by atoms with van der Waals surface area (Å²) in [6.45, 7) is 14.3. The summed E-state index contributed by atoms with van der Waals surface area (Å²) in [5, 5.41) is 2.98. The Kier molecular flexibility index (Phi) is 7.24. The van der Waals surface area contributed by atoms with E-state index in [1.807, 2.05) is 6.92 Å². The fourth-order valence-electron chi connectivity index (χ4n) is 2.10. The van der Waals surface area contributed by atoms with Crippen LogP contribution in [0.3, 0.4) is 0 Å². The van der Waals surface area contributed by atoms with Crippen molar-refractivity contribution < 1.29 is 23.1 Å². The monoisotopic (exact) mass is 371 g/mol. The average molecular weight is 371 g/mol. The fraction of sp³-hybridized carbons (Fsp3) is 0.611. The largest absolute Gasteiger partial charge is 0.444 e.